The van der Waals surface area contributed by atoms with Gasteiger partial charge in [-0.05, 0) is 67.0 Å². The minimum absolute atomic E-state index is 0.293. The number of ether oxygens (including phenoxy) is 4. The molecule has 3 rings (SSSR count). The van der Waals surface area contributed by atoms with Crippen molar-refractivity contribution in [3.05, 3.63) is 72.3 Å². The van der Waals surface area contributed by atoms with E-state index in [1.54, 1.807) is 6.08 Å². The topological polar surface area (TPSA) is 101 Å². The van der Waals surface area contributed by atoms with Crippen LogP contribution in [0.15, 0.2) is 61.2 Å². The maximum Gasteiger partial charge on any atom is 0.119 e. The number of aliphatic hydroxyl groups excluding tert-OH is 2. The molecule has 0 aromatic heterocycles. The number of benzene rings is 2. The first-order valence-corrected chi connectivity index (χ1v) is 15.8. The number of rotatable bonds is 22. The molecule has 1 aliphatic rings. The van der Waals surface area contributed by atoms with Gasteiger partial charge in [-0.25, -0.2) is 0 Å². The minimum Gasteiger partial charge on any atom is -0.491 e. The smallest absolute Gasteiger partial charge is 0.119 e. The van der Waals surface area contributed by atoms with Crippen LogP contribution >= 0.6 is 0 Å². The average molecular weight is 601 g/mol. The number of nitrogens with one attached hydrogen (secondary N) is 2. The van der Waals surface area contributed by atoms with Gasteiger partial charge in [0.2, 0.25) is 0 Å². The lowest BCUT2D eigenvalue weighted by atomic mass is 10.1. The van der Waals surface area contributed by atoms with E-state index in [-0.39, 0.29) is 0 Å². The van der Waals surface area contributed by atoms with Gasteiger partial charge in [0.1, 0.15) is 36.9 Å². The maximum atomic E-state index is 9.80. The van der Waals surface area contributed by atoms with Crippen molar-refractivity contribution in [3.8, 4) is 11.5 Å². The molecule has 8 nitrogen and oxygen atoms in total. The minimum atomic E-state index is -0.501. The predicted octanol–water partition coefficient (Wildman–Crippen LogP) is 4.56. The summed E-state index contributed by atoms with van der Waals surface area (Å²) >= 11 is 0. The van der Waals surface area contributed by atoms with Gasteiger partial charge in [0.15, 0.2) is 0 Å². The summed E-state index contributed by atoms with van der Waals surface area (Å²) < 4.78 is 22.2. The van der Waals surface area contributed by atoms with E-state index in [1.807, 2.05) is 50.2 Å². The van der Waals surface area contributed by atoms with Crippen LogP contribution in [0.4, 0.5) is 0 Å². The lowest BCUT2D eigenvalue weighted by molar-refractivity contribution is 0.104. The highest BCUT2D eigenvalue weighted by Gasteiger charge is 2.20. The average Bonchev–Trinajstić information content (AvgIpc) is 3.83. The normalized spacial score (nSPS) is 14.2. The van der Waals surface area contributed by atoms with Crippen molar-refractivity contribution in [2.75, 3.05) is 52.7 Å². The molecule has 0 amide bonds. The van der Waals surface area contributed by atoms with Crippen molar-refractivity contribution < 1.29 is 29.2 Å². The molecular formula is C35H56N2O6. The second-order valence-corrected chi connectivity index (χ2v) is 11.7. The second-order valence-electron chi connectivity index (χ2n) is 11.7. The van der Waals surface area contributed by atoms with Gasteiger partial charge in [-0.3, -0.25) is 0 Å². The summed E-state index contributed by atoms with van der Waals surface area (Å²) in [5, 5.41) is 25.9. The van der Waals surface area contributed by atoms with E-state index in [1.165, 1.54) is 24.0 Å². The third-order valence-electron chi connectivity index (χ3n) is 6.61. The molecule has 8 heteroatoms. The van der Waals surface area contributed by atoms with Crippen LogP contribution in [0.25, 0.3) is 0 Å². The Morgan fingerprint density at radius 2 is 1.19 bits per heavy atom. The molecule has 1 fully saturated rings. The maximum absolute atomic E-state index is 9.80. The summed E-state index contributed by atoms with van der Waals surface area (Å²) in [5.41, 5.74) is 2.46. The Morgan fingerprint density at radius 3 is 1.58 bits per heavy atom. The molecule has 2 aromatic carbocycles. The van der Waals surface area contributed by atoms with Gasteiger partial charge in [0, 0.05) is 31.8 Å². The largest absolute Gasteiger partial charge is 0.491 e. The van der Waals surface area contributed by atoms with E-state index in [0.717, 1.165) is 43.5 Å². The van der Waals surface area contributed by atoms with Crippen LogP contribution in [0.1, 0.15) is 51.7 Å². The molecule has 0 aliphatic heterocycles. The van der Waals surface area contributed by atoms with Crippen molar-refractivity contribution in [2.45, 2.75) is 77.7 Å². The Kier molecular flexibility index (Phi) is 18.9. The summed E-state index contributed by atoms with van der Waals surface area (Å²) in [7, 11) is 0. The van der Waals surface area contributed by atoms with Crippen molar-refractivity contribution in [1.82, 2.24) is 10.6 Å². The molecule has 242 valence electrons. The highest BCUT2D eigenvalue weighted by molar-refractivity contribution is 5.28. The summed E-state index contributed by atoms with van der Waals surface area (Å²) in [6.07, 6.45) is 5.24. The fourth-order valence-corrected chi connectivity index (χ4v) is 3.83. The monoisotopic (exact) mass is 600 g/mol. The third kappa shape index (κ3) is 19.4. The van der Waals surface area contributed by atoms with E-state index >= 15 is 0 Å². The summed E-state index contributed by atoms with van der Waals surface area (Å²) in [4.78, 5) is 0. The van der Waals surface area contributed by atoms with E-state index in [4.69, 9.17) is 18.9 Å². The molecule has 4 N–H and O–H groups in total. The Balaban J connectivity index is 0.000000301. The molecule has 0 spiro atoms. The lowest BCUT2D eigenvalue weighted by Gasteiger charge is -2.15. The highest BCUT2D eigenvalue weighted by Crippen LogP contribution is 2.28. The van der Waals surface area contributed by atoms with E-state index < -0.39 is 12.2 Å². The molecular weight excluding hydrogens is 544 g/mol. The van der Waals surface area contributed by atoms with Gasteiger partial charge in [-0.15, -0.1) is 6.58 Å². The standard InChI is InChI=1S/C18H29NO3.C17H27NO3/c1-14(2)19-11-17(20)13-22-18-7-5-15(6-8-18)9-10-21-12-16-3-4-16;1-4-10-20-11-9-15-5-7-17(8-6-15)21-13-16(19)12-18-14(2)3/h5-8,14,16-17,19-20H,3-4,9-13H2,1-2H3;4-8,14,16,18-19H,1,9-13H2,2-3H3. The molecule has 1 saturated carbocycles. The number of hydrogen-bond donors (Lipinski definition) is 4. The fraction of sp³-hybridized carbons (Fsp3) is 0.600. The van der Waals surface area contributed by atoms with Gasteiger partial charge >= 0.3 is 0 Å². The van der Waals surface area contributed by atoms with Crippen molar-refractivity contribution in [3.63, 3.8) is 0 Å². The lowest BCUT2D eigenvalue weighted by Crippen LogP contribution is -2.35. The quantitative estimate of drug-likeness (QED) is 0.115. The van der Waals surface area contributed by atoms with Crippen LogP contribution in [0, 0.1) is 5.92 Å². The number of hydrogen-bond acceptors (Lipinski definition) is 8. The highest BCUT2D eigenvalue weighted by atomic mass is 16.5. The van der Waals surface area contributed by atoms with Gasteiger partial charge in [-0.2, -0.15) is 0 Å². The molecule has 0 radical (unpaired) electrons. The zero-order chi connectivity index (χ0) is 31.3. The summed E-state index contributed by atoms with van der Waals surface area (Å²) in [6.45, 7) is 16.5. The van der Waals surface area contributed by atoms with Crippen LogP contribution in [0.3, 0.4) is 0 Å². The first-order chi connectivity index (χ1) is 20.7. The van der Waals surface area contributed by atoms with Crippen LogP contribution in [-0.4, -0.2) is 87.2 Å². The van der Waals surface area contributed by atoms with E-state index in [0.29, 0.717) is 51.6 Å². The fourth-order valence-electron chi connectivity index (χ4n) is 3.83. The first kappa shape index (κ1) is 36.7. The molecule has 0 saturated heterocycles. The second kappa shape index (κ2) is 22.1. The van der Waals surface area contributed by atoms with Crippen molar-refractivity contribution >= 4 is 0 Å². The zero-order valence-corrected chi connectivity index (χ0v) is 26.8. The predicted molar refractivity (Wildman–Crippen MR) is 174 cm³/mol. The third-order valence-corrected chi connectivity index (χ3v) is 6.61. The Labute approximate surface area is 259 Å². The van der Waals surface area contributed by atoms with E-state index in [9.17, 15) is 10.2 Å². The Bertz CT molecular complexity index is 963. The molecule has 43 heavy (non-hydrogen) atoms. The molecule has 2 atom stereocenters. The molecule has 0 heterocycles. The Morgan fingerprint density at radius 1 is 0.744 bits per heavy atom. The number of aliphatic hydroxyl groups is 2. The Hall–Kier alpha value is -2.46. The van der Waals surface area contributed by atoms with Crippen LogP contribution in [-0.2, 0) is 22.3 Å². The molecule has 1 aliphatic carbocycles. The van der Waals surface area contributed by atoms with Gasteiger partial charge in [0.25, 0.3) is 0 Å². The van der Waals surface area contributed by atoms with Crippen molar-refractivity contribution in [1.29, 1.82) is 0 Å². The first-order valence-electron chi connectivity index (χ1n) is 15.8. The summed E-state index contributed by atoms with van der Waals surface area (Å²) in [5.74, 6) is 2.40. The van der Waals surface area contributed by atoms with Gasteiger partial charge in [0.05, 0.1) is 19.8 Å². The van der Waals surface area contributed by atoms with Crippen LogP contribution < -0.4 is 20.1 Å². The summed E-state index contributed by atoms with van der Waals surface area (Å²) in [6, 6.07) is 16.7. The molecule has 2 aromatic rings. The van der Waals surface area contributed by atoms with E-state index in [2.05, 4.69) is 43.2 Å². The van der Waals surface area contributed by atoms with Crippen LogP contribution in [0.5, 0.6) is 11.5 Å². The van der Waals surface area contributed by atoms with Gasteiger partial charge < -0.3 is 39.8 Å². The molecule has 2 unspecified atom stereocenters. The van der Waals surface area contributed by atoms with Crippen LogP contribution in [0.2, 0.25) is 0 Å². The van der Waals surface area contributed by atoms with Gasteiger partial charge in [-0.1, -0.05) is 58.0 Å². The zero-order valence-electron chi connectivity index (χ0n) is 26.8. The SMILES string of the molecule is C=CCOCCc1ccc(OCC(O)CNC(C)C)cc1.CC(C)NCC(O)COc1ccc(CCOCC2CC2)cc1. The molecule has 0 bridgehead atoms. The van der Waals surface area contributed by atoms with Crippen molar-refractivity contribution in [2.24, 2.45) is 5.92 Å².